The number of halogens is 1. The average molecular weight is 468 g/mol. The minimum atomic E-state index is -0.226. The van der Waals surface area contributed by atoms with Crippen LogP contribution in [0.4, 0.5) is 15.8 Å². The average Bonchev–Trinajstić information content (AvgIpc) is 3.45. The van der Waals surface area contributed by atoms with E-state index in [2.05, 4.69) is 49.6 Å². The maximum atomic E-state index is 13.2. The zero-order valence-corrected chi connectivity index (χ0v) is 19.3. The molecule has 176 valence electrons. The van der Waals surface area contributed by atoms with Gasteiger partial charge in [0.05, 0.1) is 17.9 Å². The lowest BCUT2D eigenvalue weighted by molar-refractivity contribution is -0.117. The SMILES string of the molecule is O=C(CN1CCN(c2ccc(F)cc2)CC1)Nc1ccc(-c2n[nH]c3c2Cc2ccccc2-3)cc1. The summed E-state index contributed by atoms with van der Waals surface area (Å²) in [5.74, 6) is -0.250. The molecule has 2 heterocycles. The van der Waals surface area contributed by atoms with Gasteiger partial charge in [-0.2, -0.15) is 5.10 Å². The second-order valence-corrected chi connectivity index (χ2v) is 9.12. The minimum absolute atomic E-state index is 0.0240. The van der Waals surface area contributed by atoms with Crippen molar-refractivity contribution in [2.24, 2.45) is 0 Å². The summed E-state index contributed by atoms with van der Waals surface area (Å²) in [4.78, 5) is 17.0. The molecule has 6 nitrogen and oxygen atoms in total. The number of aromatic nitrogens is 2. The first-order chi connectivity index (χ1) is 17.1. The van der Waals surface area contributed by atoms with Crippen LogP contribution in [0.1, 0.15) is 11.1 Å². The smallest absolute Gasteiger partial charge is 0.238 e. The van der Waals surface area contributed by atoms with E-state index in [4.69, 9.17) is 0 Å². The summed E-state index contributed by atoms with van der Waals surface area (Å²) in [7, 11) is 0. The summed E-state index contributed by atoms with van der Waals surface area (Å²) in [6.45, 7) is 3.55. The van der Waals surface area contributed by atoms with Gasteiger partial charge in [-0.05, 0) is 42.0 Å². The summed E-state index contributed by atoms with van der Waals surface area (Å²) in [5.41, 5.74) is 8.66. The topological polar surface area (TPSA) is 64.3 Å². The number of benzene rings is 3. The van der Waals surface area contributed by atoms with Gasteiger partial charge in [-0.3, -0.25) is 14.8 Å². The third-order valence-electron chi connectivity index (χ3n) is 6.89. The first-order valence-electron chi connectivity index (χ1n) is 11.9. The Hall–Kier alpha value is -3.97. The van der Waals surface area contributed by atoms with Crippen molar-refractivity contribution in [3.05, 3.63) is 89.7 Å². The Kier molecular flexibility index (Phi) is 5.54. The molecule has 0 radical (unpaired) electrons. The van der Waals surface area contributed by atoms with Crippen LogP contribution in [0.5, 0.6) is 0 Å². The molecule has 1 amide bonds. The highest BCUT2D eigenvalue weighted by Gasteiger charge is 2.24. The van der Waals surface area contributed by atoms with Gasteiger partial charge < -0.3 is 10.2 Å². The molecule has 0 unspecified atom stereocenters. The largest absolute Gasteiger partial charge is 0.369 e. The van der Waals surface area contributed by atoms with Crippen molar-refractivity contribution in [3.63, 3.8) is 0 Å². The number of nitrogens with one attached hydrogen (secondary N) is 2. The summed E-state index contributed by atoms with van der Waals surface area (Å²) in [6, 6.07) is 22.9. The summed E-state index contributed by atoms with van der Waals surface area (Å²) in [6.07, 6.45) is 0.879. The van der Waals surface area contributed by atoms with Crippen molar-refractivity contribution >= 4 is 17.3 Å². The van der Waals surface area contributed by atoms with Gasteiger partial charge >= 0.3 is 0 Å². The van der Waals surface area contributed by atoms with Crippen molar-refractivity contribution in [2.45, 2.75) is 6.42 Å². The molecule has 0 spiro atoms. The standard InChI is InChI=1S/C28H26FN5O/c29-21-7-11-23(12-8-21)34-15-13-33(14-16-34)18-26(35)30-22-9-5-19(6-10-22)27-25-17-20-3-1-2-4-24(20)28(25)32-31-27/h1-12H,13-18H2,(H,30,35)(H,31,32). The molecule has 0 atom stereocenters. The fourth-order valence-electron chi connectivity index (χ4n) is 5.04. The Labute approximate surface area is 203 Å². The number of hydrogen-bond donors (Lipinski definition) is 2. The van der Waals surface area contributed by atoms with Gasteiger partial charge in [-0.25, -0.2) is 4.39 Å². The first kappa shape index (κ1) is 21.6. The summed E-state index contributed by atoms with van der Waals surface area (Å²) >= 11 is 0. The number of piperazine rings is 1. The van der Waals surface area contributed by atoms with Crippen LogP contribution in [-0.4, -0.2) is 53.7 Å². The zero-order valence-electron chi connectivity index (χ0n) is 19.3. The van der Waals surface area contributed by atoms with E-state index in [1.807, 2.05) is 24.3 Å². The first-order valence-corrected chi connectivity index (χ1v) is 11.9. The third-order valence-corrected chi connectivity index (χ3v) is 6.89. The van der Waals surface area contributed by atoms with E-state index >= 15 is 0 Å². The predicted octanol–water partition coefficient (Wildman–Crippen LogP) is 4.55. The predicted molar refractivity (Wildman–Crippen MR) is 136 cm³/mol. The zero-order chi connectivity index (χ0) is 23.8. The van der Waals surface area contributed by atoms with E-state index in [0.29, 0.717) is 6.54 Å². The molecule has 1 aromatic heterocycles. The highest BCUT2D eigenvalue weighted by Crippen LogP contribution is 2.39. The fraction of sp³-hybridized carbons (Fsp3) is 0.214. The van der Waals surface area contributed by atoms with Crippen molar-refractivity contribution in [1.82, 2.24) is 15.1 Å². The molecule has 0 bridgehead atoms. The van der Waals surface area contributed by atoms with Gasteiger partial charge in [-0.1, -0.05) is 36.4 Å². The highest BCUT2D eigenvalue weighted by atomic mass is 19.1. The molecule has 1 saturated heterocycles. The maximum Gasteiger partial charge on any atom is 0.238 e. The molecule has 6 rings (SSSR count). The van der Waals surface area contributed by atoms with Crippen LogP contribution in [0, 0.1) is 5.82 Å². The maximum absolute atomic E-state index is 13.2. The van der Waals surface area contributed by atoms with E-state index in [1.54, 1.807) is 12.1 Å². The van der Waals surface area contributed by atoms with Crippen LogP contribution in [0.2, 0.25) is 0 Å². The van der Waals surface area contributed by atoms with Crippen LogP contribution in [0.3, 0.4) is 0 Å². The van der Waals surface area contributed by atoms with Crippen molar-refractivity contribution in [3.8, 4) is 22.5 Å². The number of rotatable bonds is 5. The van der Waals surface area contributed by atoms with Gasteiger partial charge in [0.25, 0.3) is 0 Å². The summed E-state index contributed by atoms with van der Waals surface area (Å²) < 4.78 is 13.2. The Morgan fingerprint density at radius 1 is 0.943 bits per heavy atom. The second-order valence-electron chi connectivity index (χ2n) is 9.12. The Bertz CT molecular complexity index is 1360. The summed E-state index contributed by atoms with van der Waals surface area (Å²) in [5, 5.41) is 10.8. The molecule has 35 heavy (non-hydrogen) atoms. The monoisotopic (exact) mass is 467 g/mol. The van der Waals surface area contributed by atoms with E-state index < -0.39 is 0 Å². The number of H-pyrrole nitrogens is 1. The lowest BCUT2D eigenvalue weighted by Crippen LogP contribution is -2.48. The molecule has 4 aromatic rings. The van der Waals surface area contributed by atoms with Crippen molar-refractivity contribution < 1.29 is 9.18 Å². The molecule has 7 heteroatoms. The Morgan fingerprint density at radius 2 is 1.69 bits per heavy atom. The van der Waals surface area contributed by atoms with Gasteiger partial charge in [0.15, 0.2) is 0 Å². The Morgan fingerprint density at radius 3 is 2.46 bits per heavy atom. The van der Waals surface area contributed by atoms with Gasteiger partial charge in [0, 0.05) is 60.7 Å². The lowest BCUT2D eigenvalue weighted by atomic mass is 10.1. The van der Waals surface area contributed by atoms with Crippen LogP contribution in [-0.2, 0) is 11.2 Å². The fourth-order valence-corrected chi connectivity index (χ4v) is 5.04. The van der Waals surface area contributed by atoms with Crippen LogP contribution >= 0.6 is 0 Å². The van der Waals surface area contributed by atoms with Crippen LogP contribution < -0.4 is 10.2 Å². The number of carbonyl (C=O) groups excluding carboxylic acids is 1. The molecular formula is C28H26FN5O. The minimum Gasteiger partial charge on any atom is -0.369 e. The van der Waals surface area contributed by atoms with Crippen molar-refractivity contribution in [1.29, 1.82) is 0 Å². The number of carbonyl (C=O) groups is 1. The number of nitrogens with zero attached hydrogens (tertiary/aromatic N) is 3. The normalized spacial score (nSPS) is 15.1. The van der Waals surface area contributed by atoms with Crippen LogP contribution in [0.15, 0.2) is 72.8 Å². The molecule has 1 aliphatic heterocycles. The molecule has 1 fully saturated rings. The van der Waals surface area contributed by atoms with Crippen molar-refractivity contribution in [2.75, 3.05) is 42.9 Å². The number of aromatic amines is 1. The molecule has 1 aliphatic carbocycles. The quantitative estimate of drug-likeness (QED) is 0.398. The van der Waals surface area contributed by atoms with E-state index in [-0.39, 0.29) is 11.7 Å². The lowest BCUT2D eigenvalue weighted by Gasteiger charge is -2.35. The number of fused-ring (bicyclic) bond motifs is 3. The number of amides is 1. The van der Waals surface area contributed by atoms with Gasteiger partial charge in [0.2, 0.25) is 5.91 Å². The molecular weight excluding hydrogens is 441 g/mol. The van der Waals surface area contributed by atoms with E-state index in [0.717, 1.165) is 60.9 Å². The van der Waals surface area contributed by atoms with Crippen LogP contribution in [0.25, 0.3) is 22.5 Å². The molecule has 2 N–H and O–H groups in total. The molecule has 0 saturated carbocycles. The molecule has 2 aliphatic rings. The molecule has 3 aromatic carbocycles. The van der Waals surface area contributed by atoms with E-state index in [9.17, 15) is 9.18 Å². The second kappa shape index (κ2) is 9.00. The third kappa shape index (κ3) is 4.31. The van der Waals surface area contributed by atoms with Gasteiger partial charge in [0.1, 0.15) is 5.82 Å². The number of hydrogen-bond acceptors (Lipinski definition) is 4. The van der Waals surface area contributed by atoms with E-state index in [1.165, 1.54) is 28.8 Å². The Balaban J connectivity index is 1.04. The highest BCUT2D eigenvalue weighted by molar-refractivity contribution is 5.92. The van der Waals surface area contributed by atoms with Gasteiger partial charge in [-0.15, -0.1) is 0 Å². The number of anilines is 2.